The van der Waals surface area contributed by atoms with E-state index in [1.165, 1.54) is 37.8 Å². The average molecular weight is 261 g/mol. The molecule has 0 radical (unpaired) electrons. The fraction of sp³-hybridized carbons (Fsp3) is 0.812. The normalized spacial score (nSPS) is 30.9. The average Bonchev–Trinajstić information content (AvgIpc) is 3.15. The van der Waals surface area contributed by atoms with Crippen molar-refractivity contribution in [3.8, 4) is 0 Å². The Bertz CT molecular complexity index is 412. The highest BCUT2D eigenvalue weighted by molar-refractivity contribution is 5.11. The molecular formula is C16H27N3. The lowest BCUT2D eigenvalue weighted by molar-refractivity contribution is 0.241. The predicted octanol–water partition coefficient (Wildman–Crippen LogP) is 3.38. The van der Waals surface area contributed by atoms with Crippen LogP contribution in [-0.2, 0) is 6.54 Å². The Morgan fingerprint density at radius 3 is 2.89 bits per heavy atom. The lowest BCUT2D eigenvalue weighted by Crippen LogP contribution is -2.33. The van der Waals surface area contributed by atoms with Gasteiger partial charge in [0.15, 0.2) is 0 Å². The molecule has 1 heterocycles. The molecule has 19 heavy (non-hydrogen) atoms. The molecular weight excluding hydrogens is 234 g/mol. The third-order valence-corrected chi connectivity index (χ3v) is 5.20. The van der Waals surface area contributed by atoms with Crippen LogP contribution in [0.25, 0.3) is 0 Å². The van der Waals surface area contributed by atoms with Gasteiger partial charge < -0.3 is 5.32 Å². The number of aromatic nitrogens is 2. The van der Waals surface area contributed by atoms with Crippen molar-refractivity contribution in [1.29, 1.82) is 0 Å². The Hall–Kier alpha value is -0.830. The van der Waals surface area contributed by atoms with Crippen molar-refractivity contribution in [3.05, 3.63) is 18.0 Å². The molecule has 2 aliphatic carbocycles. The van der Waals surface area contributed by atoms with Crippen molar-refractivity contribution in [2.75, 3.05) is 6.54 Å². The summed E-state index contributed by atoms with van der Waals surface area (Å²) in [5.41, 5.74) is 1.41. The van der Waals surface area contributed by atoms with Crippen LogP contribution in [0.3, 0.4) is 0 Å². The van der Waals surface area contributed by atoms with Crippen LogP contribution < -0.4 is 5.32 Å². The molecule has 4 atom stereocenters. The van der Waals surface area contributed by atoms with Crippen LogP contribution in [0, 0.1) is 17.8 Å². The van der Waals surface area contributed by atoms with Crippen molar-refractivity contribution in [2.45, 2.75) is 58.5 Å². The van der Waals surface area contributed by atoms with E-state index in [1.54, 1.807) is 0 Å². The number of rotatable bonds is 6. The minimum absolute atomic E-state index is 0.526. The molecule has 3 rings (SSSR count). The van der Waals surface area contributed by atoms with E-state index in [-0.39, 0.29) is 0 Å². The van der Waals surface area contributed by atoms with Gasteiger partial charge >= 0.3 is 0 Å². The zero-order valence-electron chi connectivity index (χ0n) is 12.3. The van der Waals surface area contributed by atoms with Gasteiger partial charge in [-0.05, 0) is 63.0 Å². The van der Waals surface area contributed by atoms with E-state index in [0.29, 0.717) is 6.04 Å². The van der Waals surface area contributed by atoms with E-state index in [1.807, 2.05) is 6.20 Å². The number of hydrogen-bond donors (Lipinski definition) is 1. The molecule has 2 fully saturated rings. The Morgan fingerprint density at radius 2 is 2.26 bits per heavy atom. The molecule has 0 aromatic carbocycles. The summed E-state index contributed by atoms with van der Waals surface area (Å²) < 4.78 is 2.18. The van der Waals surface area contributed by atoms with Gasteiger partial charge in [0.1, 0.15) is 0 Å². The molecule has 0 saturated heterocycles. The molecule has 0 aliphatic heterocycles. The Kier molecular flexibility index (Phi) is 3.92. The second kappa shape index (κ2) is 5.66. The molecule has 2 saturated carbocycles. The first-order valence-electron chi connectivity index (χ1n) is 8.08. The molecule has 3 heteroatoms. The zero-order valence-corrected chi connectivity index (χ0v) is 12.3. The number of aryl methyl sites for hydroxylation is 1. The summed E-state index contributed by atoms with van der Waals surface area (Å²) in [6.45, 7) is 6.54. The predicted molar refractivity (Wildman–Crippen MR) is 77.9 cm³/mol. The SMILES string of the molecule is CCCNC(c1ccnn1CC)C1CC2CCC1C2. The second-order valence-electron chi connectivity index (χ2n) is 6.34. The zero-order chi connectivity index (χ0) is 13.2. The van der Waals surface area contributed by atoms with Crippen molar-refractivity contribution < 1.29 is 0 Å². The van der Waals surface area contributed by atoms with Gasteiger partial charge in [-0.3, -0.25) is 4.68 Å². The maximum absolute atomic E-state index is 4.47. The number of nitrogens with zero attached hydrogens (tertiary/aromatic N) is 2. The minimum atomic E-state index is 0.526. The number of nitrogens with one attached hydrogen (secondary N) is 1. The van der Waals surface area contributed by atoms with E-state index >= 15 is 0 Å². The lowest BCUT2D eigenvalue weighted by atomic mass is 9.82. The minimum Gasteiger partial charge on any atom is -0.308 e. The maximum Gasteiger partial charge on any atom is 0.0556 e. The lowest BCUT2D eigenvalue weighted by Gasteiger charge is -2.31. The first-order valence-corrected chi connectivity index (χ1v) is 8.08. The Labute approximate surface area is 116 Å². The van der Waals surface area contributed by atoms with Crippen LogP contribution in [0.4, 0.5) is 0 Å². The molecule has 4 unspecified atom stereocenters. The maximum atomic E-state index is 4.47. The first kappa shape index (κ1) is 13.2. The summed E-state index contributed by atoms with van der Waals surface area (Å²) >= 11 is 0. The van der Waals surface area contributed by atoms with Crippen molar-refractivity contribution in [3.63, 3.8) is 0 Å². The van der Waals surface area contributed by atoms with Crippen LogP contribution in [0.1, 0.15) is 57.7 Å². The van der Waals surface area contributed by atoms with Crippen molar-refractivity contribution in [2.24, 2.45) is 17.8 Å². The van der Waals surface area contributed by atoms with Gasteiger partial charge in [-0.2, -0.15) is 5.10 Å². The Morgan fingerprint density at radius 1 is 1.37 bits per heavy atom. The summed E-state index contributed by atoms with van der Waals surface area (Å²) in [5, 5.41) is 8.29. The summed E-state index contributed by atoms with van der Waals surface area (Å²) in [5.74, 6) is 2.81. The van der Waals surface area contributed by atoms with Crippen LogP contribution >= 0.6 is 0 Å². The molecule has 0 amide bonds. The van der Waals surface area contributed by atoms with Gasteiger partial charge in [0.25, 0.3) is 0 Å². The van der Waals surface area contributed by atoms with Crippen LogP contribution in [0.5, 0.6) is 0 Å². The number of fused-ring (bicyclic) bond motifs is 2. The van der Waals surface area contributed by atoms with Crippen molar-refractivity contribution in [1.82, 2.24) is 15.1 Å². The van der Waals surface area contributed by atoms with Crippen molar-refractivity contribution >= 4 is 0 Å². The molecule has 106 valence electrons. The third kappa shape index (κ3) is 2.45. The van der Waals surface area contributed by atoms with E-state index in [4.69, 9.17) is 0 Å². The van der Waals surface area contributed by atoms with E-state index < -0.39 is 0 Å². The van der Waals surface area contributed by atoms with Gasteiger partial charge in [-0.1, -0.05) is 13.3 Å². The smallest absolute Gasteiger partial charge is 0.0556 e. The fourth-order valence-corrected chi connectivity index (χ4v) is 4.35. The van der Waals surface area contributed by atoms with E-state index in [9.17, 15) is 0 Å². The van der Waals surface area contributed by atoms with E-state index in [0.717, 1.165) is 30.8 Å². The van der Waals surface area contributed by atoms with Gasteiger partial charge in [-0.25, -0.2) is 0 Å². The summed E-state index contributed by atoms with van der Waals surface area (Å²) in [6, 6.07) is 2.75. The highest BCUT2D eigenvalue weighted by Crippen LogP contribution is 2.52. The van der Waals surface area contributed by atoms with Gasteiger partial charge in [-0.15, -0.1) is 0 Å². The molecule has 1 aromatic heterocycles. The molecule has 2 bridgehead atoms. The number of hydrogen-bond acceptors (Lipinski definition) is 2. The van der Waals surface area contributed by atoms with Crippen LogP contribution in [0.2, 0.25) is 0 Å². The third-order valence-electron chi connectivity index (χ3n) is 5.20. The molecule has 2 aliphatic rings. The van der Waals surface area contributed by atoms with Gasteiger partial charge in [0.05, 0.1) is 11.7 Å². The summed E-state index contributed by atoms with van der Waals surface area (Å²) in [4.78, 5) is 0. The topological polar surface area (TPSA) is 29.9 Å². The van der Waals surface area contributed by atoms with Gasteiger partial charge in [0, 0.05) is 12.7 Å². The van der Waals surface area contributed by atoms with E-state index in [2.05, 4.69) is 35.0 Å². The molecule has 1 N–H and O–H groups in total. The van der Waals surface area contributed by atoms with Gasteiger partial charge in [0.2, 0.25) is 0 Å². The largest absolute Gasteiger partial charge is 0.308 e. The summed E-state index contributed by atoms with van der Waals surface area (Å²) in [6.07, 6.45) is 9.02. The van der Waals surface area contributed by atoms with Crippen LogP contribution in [-0.4, -0.2) is 16.3 Å². The van der Waals surface area contributed by atoms with Crippen LogP contribution in [0.15, 0.2) is 12.3 Å². The fourth-order valence-electron chi connectivity index (χ4n) is 4.35. The monoisotopic (exact) mass is 261 g/mol. The summed E-state index contributed by atoms with van der Waals surface area (Å²) in [7, 11) is 0. The molecule has 1 aromatic rings. The quantitative estimate of drug-likeness (QED) is 0.850. The second-order valence-corrected chi connectivity index (χ2v) is 6.34. The highest BCUT2D eigenvalue weighted by Gasteiger charge is 2.43. The molecule has 0 spiro atoms. The first-order chi connectivity index (χ1) is 9.33. The molecule has 3 nitrogen and oxygen atoms in total. The highest BCUT2D eigenvalue weighted by atomic mass is 15.3. The standard InChI is InChI=1S/C16H27N3/c1-3-8-17-16(15-7-9-18-19(15)4-2)14-11-12-5-6-13(14)10-12/h7,9,12-14,16-17H,3-6,8,10-11H2,1-2H3. The Balaban J connectivity index is 1.81.